The summed E-state index contributed by atoms with van der Waals surface area (Å²) in [5.41, 5.74) is 35.7. The second kappa shape index (κ2) is 33.3. The monoisotopic (exact) mass is 1530 g/mol. The van der Waals surface area contributed by atoms with E-state index in [9.17, 15) is 8.78 Å². The Hall–Kier alpha value is -12.2. The lowest BCUT2D eigenvalue weighted by Crippen LogP contribution is -2.35. The summed E-state index contributed by atoms with van der Waals surface area (Å²) >= 11 is 0. The van der Waals surface area contributed by atoms with Crippen molar-refractivity contribution in [2.75, 3.05) is 0 Å². The van der Waals surface area contributed by atoms with Crippen LogP contribution < -0.4 is 22.8 Å². The third-order valence-corrected chi connectivity index (χ3v) is 25.0. The Kier molecular flexibility index (Phi) is 23.1. The predicted molar refractivity (Wildman–Crippen MR) is 483 cm³/mol. The van der Waals surface area contributed by atoms with Crippen molar-refractivity contribution in [1.82, 2.24) is 0 Å². The third-order valence-electron chi connectivity index (χ3n) is 25.0. The molecule has 18 rings (SSSR count). The van der Waals surface area contributed by atoms with E-state index in [-0.39, 0.29) is 11.6 Å². The van der Waals surface area contributed by atoms with Crippen molar-refractivity contribution >= 4 is 64.6 Å². The molecular formula is C109H110F2N5+5. The number of rotatable bonds is 6. The van der Waals surface area contributed by atoms with Crippen molar-refractivity contribution in [1.29, 1.82) is 0 Å². The zero-order valence-electron chi connectivity index (χ0n) is 71.8. The zero-order chi connectivity index (χ0) is 82.4. The SMILES string of the molecule is Cc1cc(-c2c(C)cccc2C)ccc1-c1c2ccccc2cc(C)[n+]1C.Cc1cc(-c2c3ccccc3cc(C)[n+]2C)c(C)c(C)c1F.Cc1cc(C)c(F)c(-c2c3ccccc3cc(C)[n+]2C)c1C.Cc1cc2c(cc1-c1c3ccccc3cc(C)[n+]1C)CCC2.Cc1cc2ccccc2cc1-c1c2ccccc2cc(C)[n+]1C. The fourth-order valence-corrected chi connectivity index (χ4v) is 17.8. The summed E-state index contributed by atoms with van der Waals surface area (Å²) in [6.07, 6.45) is 3.78. The molecule has 0 fully saturated rings. The van der Waals surface area contributed by atoms with Crippen molar-refractivity contribution < 1.29 is 31.6 Å². The highest BCUT2D eigenvalue weighted by Gasteiger charge is 2.29. The molecule has 17 aromatic rings. The van der Waals surface area contributed by atoms with Crippen LogP contribution in [-0.2, 0) is 48.1 Å². The van der Waals surface area contributed by atoms with E-state index in [1.54, 1.807) is 11.1 Å². The van der Waals surface area contributed by atoms with Gasteiger partial charge in [0, 0.05) is 70.5 Å². The number of halogens is 2. The van der Waals surface area contributed by atoms with Crippen LogP contribution in [0.5, 0.6) is 0 Å². The first-order valence-electron chi connectivity index (χ1n) is 40.9. The molecule has 0 saturated carbocycles. The van der Waals surface area contributed by atoms with Crippen molar-refractivity contribution in [3.63, 3.8) is 0 Å². The standard InChI is InChI=1S/C26H26N.C22H20N.C21H22N.2C20H21FN/c1-17-9-8-10-18(2)25(17)22-13-14-23(19(3)15-22)26-24-12-7-6-11-21(24)16-20(4)27(26)5;1-15-12-17-8-4-5-9-18(17)14-21(15)22-20-11-7-6-10-19(20)13-16(2)23(22)3;1-14-11-16-8-6-9-17(16)13-20(14)21-19-10-5-4-7-18(19)12-15(2)22(21)3;1-12-10-18(14(3)15(4)19(12)21)20-17-9-7-6-8-16(17)11-13(2)22(20)5;1-12-10-13(2)19(21)18(15(12)4)20-17-9-7-6-8-16(17)11-14(3)22(20)5/h6-16H,1-5H3;4-14H,1-3H3;4-5,7,10-13H,6,8-9H2,1-3H3;2*6-11H,1-5H3/q5*+1. The summed E-state index contributed by atoms with van der Waals surface area (Å²) in [6, 6.07) is 89.1. The van der Waals surface area contributed by atoms with Gasteiger partial charge in [0.05, 0.1) is 49.2 Å². The van der Waals surface area contributed by atoms with Crippen LogP contribution in [0.25, 0.3) is 132 Å². The molecule has 12 aromatic carbocycles. The molecule has 0 radical (unpaired) electrons. The summed E-state index contributed by atoms with van der Waals surface area (Å²) in [5, 5.41) is 15.1. The minimum absolute atomic E-state index is 0.0964. The Morgan fingerprint density at radius 3 is 1.01 bits per heavy atom. The van der Waals surface area contributed by atoms with Gasteiger partial charge >= 0.3 is 0 Å². The van der Waals surface area contributed by atoms with Gasteiger partial charge in [0.1, 0.15) is 46.9 Å². The second-order valence-electron chi connectivity index (χ2n) is 32.6. The first kappa shape index (κ1) is 80.4. The van der Waals surface area contributed by atoms with E-state index < -0.39 is 0 Å². The van der Waals surface area contributed by atoms with Crippen LogP contribution in [0, 0.1) is 122 Å². The summed E-state index contributed by atoms with van der Waals surface area (Å²) in [4.78, 5) is 0. The number of benzene rings is 12. The molecule has 5 nitrogen and oxygen atoms in total. The molecule has 1 aliphatic carbocycles. The number of hydrogen-bond acceptors (Lipinski definition) is 0. The predicted octanol–water partition coefficient (Wildman–Crippen LogP) is 25.2. The Morgan fingerprint density at radius 2 is 0.569 bits per heavy atom. The minimum Gasteiger partial charge on any atom is -0.206 e. The zero-order valence-corrected chi connectivity index (χ0v) is 71.8. The summed E-state index contributed by atoms with van der Waals surface area (Å²) in [5.74, 6) is -0.213. The van der Waals surface area contributed by atoms with Crippen LogP contribution in [0.1, 0.15) is 107 Å². The van der Waals surface area contributed by atoms with Crippen LogP contribution in [-0.4, -0.2) is 0 Å². The maximum Gasteiger partial charge on any atom is 0.223 e. The number of hydrogen-bond donors (Lipinski definition) is 0. The highest BCUT2D eigenvalue weighted by molar-refractivity contribution is 6.00. The van der Waals surface area contributed by atoms with Gasteiger partial charge in [-0.1, -0.05) is 164 Å². The van der Waals surface area contributed by atoms with Crippen LogP contribution in [0.15, 0.2) is 249 Å². The molecule has 0 N–H and O–H groups in total. The van der Waals surface area contributed by atoms with Crippen LogP contribution in [0.4, 0.5) is 8.78 Å². The van der Waals surface area contributed by atoms with Gasteiger partial charge in [-0.05, 0) is 271 Å². The third kappa shape index (κ3) is 15.4. The second-order valence-corrected chi connectivity index (χ2v) is 32.6. The molecule has 0 unspecified atom stereocenters. The van der Waals surface area contributed by atoms with Crippen molar-refractivity contribution in [2.24, 2.45) is 35.2 Å². The maximum atomic E-state index is 15.0. The first-order chi connectivity index (χ1) is 55.6. The molecule has 7 heteroatoms. The van der Waals surface area contributed by atoms with Gasteiger partial charge in [-0.3, -0.25) is 0 Å². The fraction of sp³-hybridized carbons (Fsp3) is 0.220. The van der Waals surface area contributed by atoms with Crippen LogP contribution >= 0.6 is 0 Å². The molecular weight excluding hydrogens is 1420 g/mol. The Labute approximate surface area is 685 Å². The van der Waals surface area contributed by atoms with Gasteiger partial charge in [-0.2, -0.15) is 22.8 Å². The van der Waals surface area contributed by atoms with Gasteiger partial charge < -0.3 is 0 Å². The number of fused-ring (bicyclic) bond motifs is 7. The van der Waals surface area contributed by atoms with Gasteiger partial charge in [0.25, 0.3) is 0 Å². The van der Waals surface area contributed by atoms with E-state index >= 15 is 0 Å². The smallest absolute Gasteiger partial charge is 0.206 e. The Balaban J connectivity index is 0.000000120. The number of aryl methyl sites for hydroxylation is 15. The lowest BCUT2D eigenvalue weighted by Gasteiger charge is -2.14. The molecule has 0 aliphatic heterocycles. The van der Waals surface area contributed by atoms with E-state index in [4.69, 9.17) is 0 Å². The average Bonchev–Trinajstić information content (AvgIpc) is 0.834. The number of pyridine rings is 5. The Morgan fingerprint density at radius 1 is 0.224 bits per heavy atom. The molecule has 0 saturated heterocycles. The molecule has 0 spiro atoms. The van der Waals surface area contributed by atoms with Gasteiger partial charge in [-0.25, -0.2) is 8.78 Å². The lowest BCUT2D eigenvalue weighted by molar-refractivity contribution is -0.665. The quantitative estimate of drug-likeness (QED) is 0.148. The molecule has 0 bridgehead atoms. The molecule has 0 amide bonds. The maximum absolute atomic E-state index is 15.0. The first-order valence-corrected chi connectivity index (χ1v) is 40.9. The highest BCUT2D eigenvalue weighted by atomic mass is 19.1. The molecule has 5 aromatic heterocycles. The normalized spacial score (nSPS) is 11.6. The van der Waals surface area contributed by atoms with E-state index in [2.05, 4.69) is 345 Å². The van der Waals surface area contributed by atoms with Crippen molar-refractivity contribution in [3.8, 4) is 67.4 Å². The summed E-state index contributed by atoms with van der Waals surface area (Å²) in [7, 11) is 10.6. The fourth-order valence-electron chi connectivity index (χ4n) is 17.8. The minimum atomic E-state index is -0.116. The topological polar surface area (TPSA) is 19.4 Å². The molecule has 116 heavy (non-hydrogen) atoms. The van der Waals surface area contributed by atoms with Crippen molar-refractivity contribution in [2.45, 2.75) is 130 Å². The Bertz CT molecular complexity index is 6730. The largest absolute Gasteiger partial charge is 0.223 e. The average molecular weight is 1530 g/mol. The molecule has 580 valence electrons. The summed E-state index contributed by atoms with van der Waals surface area (Å²) in [6.45, 7) is 33.4. The summed E-state index contributed by atoms with van der Waals surface area (Å²) < 4.78 is 40.4. The molecule has 0 atom stereocenters. The molecule has 1 aliphatic rings. The highest BCUT2D eigenvalue weighted by Crippen LogP contribution is 2.40. The van der Waals surface area contributed by atoms with Gasteiger partial charge in [0.15, 0.2) is 28.5 Å². The van der Waals surface area contributed by atoms with Gasteiger partial charge in [-0.15, -0.1) is 0 Å². The van der Waals surface area contributed by atoms with E-state index in [0.29, 0.717) is 11.1 Å². The van der Waals surface area contributed by atoms with E-state index in [1.807, 2.05) is 72.9 Å². The number of nitrogens with zero attached hydrogens (tertiary/aromatic N) is 5. The number of aromatic nitrogens is 5. The van der Waals surface area contributed by atoms with E-state index in [0.717, 1.165) is 61.2 Å². The van der Waals surface area contributed by atoms with Crippen LogP contribution in [0.3, 0.4) is 0 Å². The van der Waals surface area contributed by atoms with E-state index in [1.165, 1.54) is 169 Å². The van der Waals surface area contributed by atoms with Crippen molar-refractivity contribution in [3.05, 3.63) is 361 Å². The lowest BCUT2D eigenvalue weighted by atomic mass is 9.91. The van der Waals surface area contributed by atoms with Crippen LogP contribution in [0.2, 0.25) is 0 Å². The van der Waals surface area contributed by atoms with Gasteiger partial charge in [0.2, 0.25) is 28.5 Å². The molecule has 5 heterocycles.